The molecule has 2 aromatic carbocycles. The number of aromatic nitrogens is 1. The van der Waals surface area contributed by atoms with Crippen molar-refractivity contribution in [3.05, 3.63) is 42.5 Å². The number of nitrogens with zero attached hydrogens (tertiary/aromatic N) is 2. The second-order valence-electron chi connectivity index (χ2n) is 7.18. The Kier molecular flexibility index (Phi) is 5.39. The maximum Gasteiger partial charge on any atom is 0.243 e. The van der Waals surface area contributed by atoms with Crippen LogP contribution in [0.4, 0.5) is 5.13 Å². The van der Waals surface area contributed by atoms with Crippen molar-refractivity contribution in [3.8, 4) is 11.1 Å². The number of carbonyl (C=O) groups is 1. The molecule has 0 spiro atoms. The maximum atomic E-state index is 13.1. The van der Waals surface area contributed by atoms with Crippen LogP contribution in [0.1, 0.15) is 19.8 Å². The molecule has 2 heterocycles. The number of amides is 1. The van der Waals surface area contributed by atoms with E-state index in [0.717, 1.165) is 34.2 Å². The molecule has 0 bridgehead atoms. The number of thiazole rings is 1. The zero-order valence-electron chi connectivity index (χ0n) is 16.0. The minimum absolute atomic E-state index is 0.117. The summed E-state index contributed by atoms with van der Waals surface area (Å²) in [6.45, 7) is 2.29. The highest BCUT2D eigenvalue weighted by Crippen LogP contribution is 2.32. The summed E-state index contributed by atoms with van der Waals surface area (Å²) in [5.74, 6) is -0.167. The molecule has 152 valence electrons. The van der Waals surface area contributed by atoms with Crippen LogP contribution in [0.25, 0.3) is 21.3 Å². The van der Waals surface area contributed by atoms with Gasteiger partial charge in [0.1, 0.15) is 0 Å². The van der Waals surface area contributed by atoms with E-state index in [4.69, 9.17) is 5.73 Å². The SMILES string of the molecule is CC(=O)Nc1nc2ccc(-c3cccc(S(=O)(=O)N4CCCC(N)C4)c3)cc2s1. The van der Waals surface area contributed by atoms with Crippen LogP contribution in [0.3, 0.4) is 0 Å². The van der Waals surface area contributed by atoms with Crippen LogP contribution in [-0.4, -0.2) is 42.7 Å². The first-order chi connectivity index (χ1) is 13.8. The van der Waals surface area contributed by atoms with Crippen LogP contribution in [0.5, 0.6) is 0 Å². The van der Waals surface area contributed by atoms with Gasteiger partial charge in [0.15, 0.2) is 5.13 Å². The van der Waals surface area contributed by atoms with Crippen molar-refractivity contribution >= 4 is 42.6 Å². The summed E-state index contributed by atoms with van der Waals surface area (Å²) in [6, 6.07) is 12.6. The van der Waals surface area contributed by atoms with Crippen molar-refractivity contribution in [2.75, 3.05) is 18.4 Å². The standard InChI is InChI=1S/C20H22N4O3S2/c1-13(25)22-20-23-18-8-7-15(11-19(18)28-20)14-4-2-6-17(10-14)29(26,27)24-9-3-5-16(21)12-24/h2,4,6-8,10-11,16H,3,5,9,12,21H2,1H3,(H,22,23,25). The van der Waals surface area contributed by atoms with Gasteiger partial charge < -0.3 is 11.1 Å². The first kappa shape index (κ1) is 20.0. The molecule has 1 fully saturated rings. The lowest BCUT2D eigenvalue weighted by atomic mass is 10.1. The fourth-order valence-electron chi connectivity index (χ4n) is 3.49. The minimum Gasteiger partial charge on any atom is -0.327 e. The van der Waals surface area contributed by atoms with E-state index in [-0.39, 0.29) is 16.8 Å². The Labute approximate surface area is 173 Å². The predicted molar refractivity (Wildman–Crippen MR) is 115 cm³/mol. The van der Waals surface area contributed by atoms with Crippen LogP contribution in [0.15, 0.2) is 47.4 Å². The number of hydrogen-bond donors (Lipinski definition) is 2. The van der Waals surface area contributed by atoms with Gasteiger partial charge in [0.2, 0.25) is 15.9 Å². The van der Waals surface area contributed by atoms with Crippen molar-refractivity contribution in [1.82, 2.24) is 9.29 Å². The summed E-state index contributed by atoms with van der Waals surface area (Å²) < 4.78 is 28.5. The summed E-state index contributed by atoms with van der Waals surface area (Å²) in [5, 5.41) is 3.24. The van der Waals surface area contributed by atoms with Gasteiger partial charge in [-0.1, -0.05) is 29.5 Å². The Balaban J connectivity index is 1.67. The van der Waals surface area contributed by atoms with E-state index < -0.39 is 10.0 Å². The number of carbonyl (C=O) groups excluding carboxylic acids is 1. The van der Waals surface area contributed by atoms with Crippen molar-refractivity contribution < 1.29 is 13.2 Å². The van der Waals surface area contributed by atoms with Gasteiger partial charge in [-0.05, 0) is 48.2 Å². The minimum atomic E-state index is -3.58. The zero-order valence-corrected chi connectivity index (χ0v) is 17.6. The second kappa shape index (κ2) is 7.83. The molecule has 0 radical (unpaired) electrons. The van der Waals surface area contributed by atoms with Crippen molar-refractivity contribution in [2.45, 2.75) is 30.7 Å². The molecule has 9 heteroatoms. The number of anilines is 1. The molecule has 1 unspecified atom stereocenters. The second-order valence-corrected chi connectivity index (χ2v) is 10.1. The first-order valence-electron chi connectivity index (χ1n) is 9.37. The fraction of sp³-hybridized carbons (Fsp3) is 0.300. The smallest absolute Gasteiger partial charge is 0.243 e. The number of sulfonamides is 1. The third kappa shape index (κ3) is 4.18. The van der Waals surface area contributed by atoms with Crippen molar-refractivity contribution in [2.24, 2.45) is 5.73 Å². The van der Waals surface area contributed by atoms with E-state index in [2.05, 4.69) is 10.3 Å². The molecule has 1 aliphatic heterocycles. The van der Waals surface area contributed by atoms with Crippen molar-refractivity contribution in [1.29, 1.82) is 0 Å². The number of rotatable bonds is 4. The number of nitrogens with one attached hydrogen (secondary N) is 1. The quantitative estimate of drug-likeness (QED) is 0.662. The molecule has 3 aromatic rings. The summed E-state index contributed by atoms with van der Waals surface area (Å²) >= 11 is 1.38. The highest BCUT2D eigenvalue weighted by molar-refractivity contribution is 7.89. The molecule has 1 amide bonds. The summed E-state index contributed by atoms with van der Waals surface area (Å²) in [5.41, 5.74) is 8.46. The Morgan fingerprint density at radius 2 is 2.03 bits per heavy atom. The molecule has 0 aliphatic carbocycles. The molecule has 1 atom stereocenters. The Morgan fingerprint density at radius 1 is 1.24 bits per heavy atom. The number of hydrogen-bond acceptors (Lipinski definition) is 6. The van der Waals surface area contributed by atoms with E-state index in [1.807, 2.05) is 24.3 Å². The lowest BCUT2D eigenvalue weighted by molar-refractivity contribution is -0.114. The van der Waals surface area contributed by atoms with Crippen molar-refractivity contribution in [3.63, 3.8) is 0 Å². The number of benzene rings is 2. The predicted octanol–water partition coefficient (Wildman–Crippen LogP) is 3.03. The van der Waals surface area contributed by atoms with Gasteiger partial charge in [-0.25, -0.2) is 13.4 Å². The molecular weight excluding hydrogens is 408 g/mol. The Bertz CT molecular complexity index is 1170. The average molecular weight is 431 g/mol. The van der Waals surface area contributed by atoms with E-state index >= 15 is 0 Å². The number of nitrogens with two attached hydrogens (primary N) is 1. The van der Waals surface area contributed by atoms with Gasteiger partial charge in [-0.3, -0.25) is 4.79 Å². The molecule has 1 saturated heterocycles. The molecule has 0 saturated carbocycles. The van der Waals surface area contributed by atoms with Gasteiger partial charge in [0.05, 0.1) is 15.1 Å². The summed E-state index contributed by atoms with van der Waals surface area (Å²) in [6.07, 6.45) is 1.63. The third-order valence-electron chi connectivity index (χ3n) is 4.90. The molecule has 1 aromatic heterocycles. The van der Waals surface area contributed by atoms with Gasteiger partial charge in [-0.15, -0.1) is 0 Å². The van der Waals surface area contributed by atoms with Crippen LogP contribution in [0, 0.1) is 0 Å². The first-order valence-corrected chi connectivity index (χ1v) is 11.6. The topological polar surface area (TPSA) is 105 Å². The van der Waals surface area contributed by atoms with Crippen LogP contribution >= 0.6 is 11.3 Å². The van der Waals surface area contributed by atoms with Crippen LogP contribution < -0.4 is 11.1 Å². The average Bonchev–Trinajstić information content (AvgIpc) is 3.08. The molecule has 7 nitrogen and oxygen atoms in total. The monoisotopic (exact) mass is 430 g/mol. The Hall–Kier alpha value is -2.33. The van der Waals surface area contributed by atoms with Crippen LogP contribution in [0.2, 0.25) is 0 Å². The summed E-state index contributed by atoms with van der Waals surface area (Å²) in [7, 11) is -3.58. The maximum absolute atomic E-state index is 13.1. The number of fused-ring (bicyclic) bond motifs is 1. The third-order valence-corrected chi connectivity index (χ3v) is 7.69. The van der Waals surface area contributed by atoms with Gasteiger partial charge in [0, 0.05) is 26.1 Å². The molecule has 29 heavy (non-hydrogen) atoms. The van der Waals surface area contributed by atoms with Crippen LogP contribution in [-0.2, 0) is 14.8 Å². The molecule has 4 rings (SSSR count). The van der Waals surface area contributed by atoms with Gasteiger partial charge in [0.25, 0.3) is 0 Å². The highest BCUT2D eigenvalue weighted by atomic mass is 32.2. The summed E-state index contributed by atoms with van der Waals surface area (Å²) in [4.78, 5) is 15.9. The molecule has 3 N–H and O–H groups in total. The normalized spacial score (nSPS) is 18.1. The largest absolute Gasteiger partial charge is 0.327 e. The highest BCUT2D eigenvalue weighted by Gasteiger charge is 2.29. The van der Waals surface area contributed by atoms with E-state index in [0.29, 0.717) is 18.2 Å². The molecular formula is C20H22N4O3S2. The number of piperidine rings is 1. The van der Waals surface area contributed by atoms with E-state index in [1.54, 1.807) is 18.2 Å². The van der Waals surface area contributed by atoms with E-state index in [1.165, 1.54) is 22.6 Å². The molecule has 1 aliphatic rings. The van der Waals surface area contributed by atoms with E-state index in [9.17, 15) is 13.2 Å². The van der Waals surface area contributed by atoms with Gasteiger partial charge in [-0.2, -0.15) is 4.31 Å². The lowest BCUT2D eigenvalue weighted by Gasteiger charge is -2.30. The fourth-order valence-corrected chi connectivity index (χ4v) is 6.02. The van der Waals surface area contributed by atoms with Gasteiger partial charge >= 0.3 is 0 Å². The Morgan fingerprint density at radius 3 is 2.79 bits per heavy atom. The lowest BCUT2D eigenvalue weighted by Crippen LogP contribution is -2.45. The zero-order chi connectivity index (χ0) is 20.6.